The molecule has 0 bridgehead atoms. The molecule has 0 heterocycles. The van der Waals surface area contributed by atoms with Gasteiger partial charge >= 0.3 is 0 Å². The van der Waals surface area contributed by atoms with E-state index in [1.807, 2.05) is 44.3 Å². The van der Waals surface area contributed by atoms with E-state index in [0.717, 1.165) is 23.3 Å². The number of aryl methyl sites for hydroxylation is 1. The fourth-order valence-electron chi connectivity index (χ4n) is 2.43. The molecular formula is C18H22FNO. The Balaban J connectivity index is 2.44. The summed E-state index contributed by atoms with van der Waals surface area (Å²) in [6.45, 7) is 4.69. The molecule has 112 valence electrons. The Morgan fingerprint density at radius 1 is 1.14 bits per heavy atom. The molecule has 1 N–H and O–H groups in total. The zero-order chi connectivity index (χ0) is 15.2. The van der Waals surface area contributed by atoms with Crippen LogP contribution in [-0.4, -0.2) is 13.7 Å². The first-order chi connectivity index (χ1) is 10.2. The standard InChI is InChI=1S/C18H22FNO/c1-4-11-21-17-8-6-5-7-14(17)18(20-3)15-12-13(2)9-10-16(15)19/h5-10,12,18,20H,4,11H2,1-3H3. The van der Waals surface area contributed by atoms with Crippen LogP contribution in [0.15, 0.2) is 42.5 Å². The maximum absolute atomic E-state index is 14.2. The topological polar surface area (TPSA) is 21.3 Å². The minimum Gasteiger partial charge on any atom is -0.493 e. The lowest BCUT2D eigenvalue weighted by Gasteiger charge is -2.21. The van der Waals surface area contributed by atoms with E-state index >= 15 is 0 Å². The summed E-state index contributed by atoms with van der Waals surface area (Å²) in [5, 5.41) is 3.20. The van der Waals surface area contributed by atoms with Crippen molar-refractivity contribution >= 4 is 0 Å². The van der Waals surface area contributed by atoms with Crippen molar-refractivity contribution in [2.24, 2.45) is 0 Å². The molecule has 0 aliphatic rings. The Bertz CT molecular complexity index is 598. The van der Waals surface area contributed by atoms with Gasteiger partial charge in [0.05, 0.1) is 12.6 Å². The van der Waals surface area contributed by atoms with E-state index in [0.29, 0.717) is 12.2 Å². The average molecular weight is 287 g/mol. The van der Waals surface area contributed by atoms with Gasteiger partial charge in [-0.3, -0.25) is 0 Å². The van der Waals surface area contributed by atoms with Crippen LogP contribution in [0.5, 0.6) is 5.75 Å². The smallest absolute Gasteiger partial charge is 0.128 e. The summed E-state index contributed by atoms with van der Waals surface area (Å²) in [5.74, 6) is 0.602. The molecule has 0 aliphatic carbocycles. The monoisotopic (exact) mass is 287 g/mol. The Morgan fingerprint density at radius 3 is 2.62 bits per heavy atom. The third kappa shape index (κ3) is 3.61. The Kier molecular flexibility index (Phi) is 5.34. The molecule has 0 radical (unpaired) electrons. The van der Waals surface area contributed by atoms with E-state index in [2.05, 4.69) is 12.2 Å². The number of halogens is 1. The van der Waals surface area contributed by atoms with Gasteiger partial charge in [0.1, 0.15) is 11.6 Å². The van der Waals surface area contributed by atoms with Crippen molar-refractivity contribution in [3.05, 3.63) is 65.0 Å². The maximum Gasteiger partial charge on any atom is 0.128 e. The Hall–Kier alpha value is -1.87. The predicted octanol–water partition coefficient (Wildman–Crippen LogP) is 4.23. The fraction of sp³-hybridized carbons (Fsp3) is 0.333. The summed E-state index contributed by atoms with van der Waals surface area (Å²) < 4.78 is 20.0. The van der Waals surface area contributed by atoms with Gasteiger partial charge in [0.2, 0.25) is 0 Å². The number of para-hydroxylation sites is 1. The van der Waals surface area contributed by atoms with Crippen molar-refractivity contribution in [2.75, 3.05) is 13.7 Å². The van der Waals surface area contributed by atoms with Crippen LogP contribution < -0.4 is 10.1 Å². The molecule has 0 aromatic heterocycles. The Labute approximate surface area is 126 Å². The normalized spacial score (nSPS) is 12.2. The maximum atomic E-state index is 14.2. The highest BCUT2D eigenvalue weighted by Crippen LogP contribution is 2.31. The summed E-state index contributed by atoms with van der Waals surface area (Å²) in [6, 6.07) is 12.8. The summed E-state index contributed by atoms with van der Waals surface area (Å²) in [7, 11) is 1.84. The number of nitrogens with one attached hydrogen (secondary N) is 1. The highest BCUT2D eigenvalue weighted by Gasteiger charge is 2.19. The summed E-state index contributed by atoms with van der Waals surface area (Å²) in [6.07, 6.45) is 0.942. The van der Waals surface area contributed by atoms with Gasteiger partial charge < -0.3 is 10.1 Å². The van der Waals surface area contributed by atoms with Gasteiger partial charge in [-0.2, -0.15) is 0 Å². The van der Waals surface area contributed by atoms with E-state index in [9.17, 15) is 4.39 Å². The van der Waals surface area contributed by atoms with Crippen LogP contribution >= 0.6 is 0 Å². The van der Waals surface area contributed by atoms with E-state index < -0.39 is 0 Å². The zero-order valence-electron chi connectivity index (χ0n) is 12.8. The molecule has 1 atom stereocenters. The number of benzene rings is 2. The molecule has 0 aliphatic heterocycles. The molecule has 2 rings (SSSR count). The lowest BCUT2D eigenvalue weighted by atomic mass is 9.96. The van der Waals surface area contributed by atoms with Crippen molar-refractivity contribution in [2.45, 2.75) is 26.3 Å². The minimum absolute atomic E-state index is 0.203. The minimum atomic E-state index is -0.224. The van der Waals surface area contributed by atoms with Crippen LogP contribution in [0.25, 0.3) is 0 Å². The van der Waals surface area contributed by atoms with E-state index in [1.165, 1.54) is 6.07 Å². The lowest BCUT2D eigenvalue weighted by molar-refractivity contribution is 0.312. The number of hydrogen-bond donors (Lipinski definition) is 1. The van der Waals surface area contributed by atoms with Crippen molar-refractivity contribution in [1.82, 2.24) is 5.32 Å². The predicted molar refractivity (Wildman–Crippen MR) is 84.3 cm³/mol. The van der Waals surface area contributed by atoms with Crippen molar-refractivity contribution in [1.29, 1.82) is 0 Å². The first-order valence-corrected chi connectivity index (χ1v) is 7.32. The second-order valence-electron chi connectivity index (χ2n) is 5.13. The van der Waals surface area contributed by atoms with Crippen LogP contribution in [0, 0.1) is 12.7 Å². The van der Waals surface area contributed by atoms with Crippen molar-refractivity contribution in [3.63, 3.8) is 0 Å². The summed E-state index contributed by atoms with van der Waals surface area (Å²) in [5.41, 5.74) is 2.64. The third-order valence-corrected chi connectivity index (χ3v) is 3.44. The van der Waals surface area contributed by atoms with Crippen molar-refractivity contribution < 1.29 is 9.13 Å². The van der Waals surface area contributed by atoms with Gasteiger partial charge in [-0.05, 0) is 32.5 Å². The van der Waals surface area contributed by atoms with Crippen LogP contribution in [0.1, 0.15) is 36.1 Å². The van der Waals surface area contributed by atoms with Crippen LogP contribution in [0.2, 0.25) is 0 Å². The number of rotatable bonds is 6. The average Bonchev–Trinajstić information content (AvgIpc) is 2.50. The van der Waals surface area contributed by atoms with Crippen LogP contribution in [0.3, 0.4) is 0 Å². The van der Waals surface area contributed by atoms with Crippen LogP contribution in [0.4, 0.5) is 4.39 Å². The highest BCUT2D eigenvalue weighted by molar-refractivity contribution is 5.42. The number of ether oxygens (including phenoxy) is 1. The second kappa shape index (κ2) is 7.23. The summed E-state index contributed by atoms with van der Waals surface area (Å²) in [4.78, 5) is 0. The molecule has 0 saturated heterocycles. The molecule has 0 spiro atoms. The molecule has 1 unspecified atom stereocenters. The van der Waals surface area contributed by atoms with E-state index in [1.54, 1.807) is 6.07 Å². The third-order valence-electron chi connectivity index (χ3n) is 3.44. The van der Waals surface area contributed by atoms with Gasteiger partial charge in [0.15, 0.2) is 0 Å². The van der Waals surface area contributed by atoms with Gasteiger partial charge in [-0.15, -0.1) is 0 Å². The SMILES string of the molecule is CCCOc1ccccc1C(NC)c1cc(C)ccc1F. The largest absolute Gasteiger partial charge is 0.493 e. The Morgan fingerprint density at radius 2 is 1.90 bits per heavy atom. The van der Waals surface area contributed by atoms with Gasteiger partial charge in [-0.1, -0.05) is 42.8 Å². The van der Waals surface area contributed by atoms with Crippen molar-refractivity contribution in [3.8, 4) is 5.75 Å². The molecule has 21 heavy (non-hydrogen) atoms. The summed E-state index contributed by atoms with van der Waals surface area (Å²) >= 11 is 0. The molecule has 2 aromatic rings. The van der Waals surface area contributed by atoms with E-state index in [4.69, 9.17) is 4.74 Å². The molecular weight excluding hydrogens is 265 g/mol. The molecule has 2 aromatic carbocycles. The number of hydrogen-bond acceptors (Lipinski definition) is 2. The quantitative estimate of drug-likeness (QED) is 0.858. The molecule has 0 fully saturated rings. The zero-order valence-corrected chi connectivity index (χ0v) is 12.8. The molecule has 0 amide bonds. The fourth-order valence-corrected chi connectivity index (χ4v) is 2.43. The van der Waals surface area contributed by atoms with Gasteiger partial charge in [0, 0.05) is 11.1 Å². The highest BCUT2D eigenvalue weighted by atomic mass is 19.1. The molecule has 2 nitrogen and oxygen atoms in total. The van der Waals surface area contributed by atoms with E-state index in [-0.39, 0.29) is 11.9 Å². The first kappa shape index (κ1) is 15.5. The van der Waals surface area contributed by atoms with Gasteiger partial charge in [0.25, 0.3) is 0 Å². The molecule has 3 heteroatoms. The van der Waals surface area contributed by atoms with Crippen LogP contribution in [-0.2, 0) is 0 Å². The lowest BCUT2D eigenvalue weighted by Crippen LogP contribution is -2.20. The van der Waals surface area contributed by atoms with Gasteiger partial charge in [-0.25, -0.2) is 4.39 Å². The first-order valence-electron chi connectivity index (χ1n) is 7.32. The second-order valence-corrected chi connectivity index (χ2v) is 5.13. The molecule has 0 saturated carbocycles.